The summed E-state index contributed by atoms with van der Waals surface area (Å²) in [7, 11) is 0. The molecule has 8 heteroatoms. The summed E-state index contributed by atoms with van der Waals surface area (Å²) >= 11 is 6.74. The number of hydrogen-bond donors (Lipinski definition) is 2. The Morgan fingerprint density at radius 3 is 2.92 bits per heavy atom. The number of likely N-dealkylation sites (tertiary alicyclic amines) is 1. The molecule has 2 aliphatic heterocycles. The van der Waals surface area contributed by atoms with Crippen LogP contribution in [0.1, 0.15) is 51.1 Å². The second-order valence-corrected chi connectivity index (χ2v) is 10.4. The molecule has 0 radical (unpaired) electrons. The van der Waals surface area contributed by atoms with E-state index in [1.165, 1.54) is 0 Å². The van der Waals surface area contributed by atoms with Crippen LogP contribution in [0.4, 0.5) is 10.2 Å². The molecule has 1 aromatic heterocycles. The van der Waals surface area contributed by atoms with Crippen LogP contribution in [-0.2, 0) is 9.53 Å². The zero-order valence-electron chi connectivity index (χ0n) is 21.2. The maximum Gasteiger partial charge on any atom is 0.228 e. The number of allylic oxidation sites excluding steroid dienone is 5. The Labute approximate surface area is 219 Å². The fraction of sp³-hybridized carbons (Fsp3) is 0.571. The molecule has 1 aliphatic carbocycles. The zero-order valence-corrected chi connectivity index (χ0v) is 22.0. The number of nitrogens with zero attached hydrogens (tertiary/aromatic N) is 2. The highest BCUT2D eigenvalue weighted by molar-refractivity contribution is 6.37. The Hall–Kier alpha value is -2.22. The first-order valence-electron chi connectivity index (χ1n) is 13.2. The van der Waals surface area contributed by atoms with Gasteiger partial charge in [-0.05, 0) is 81.7 Å². The van der Waals surface area contributed by atoms with Crippen molar-refractivity contribution in [2.24, 2.45) is 11.8 Å². The lowest BCUT2D eigenvalue weighted by Crippen LogP contribution is -2.43. The molecule has 1 unspecified atom stereocenters. The van der Waals surface area contributed by atoms with Crippen LogP contribution < -0.4 is 10.6 Å². The summed E-state index contributed by atoms with van der Waals surface area (Å²) < 4.78 is 18.3. The summed E-state index contributed by atoms with van der Waals surface area (Å²) in [5.74, 6) is 1.24. The number of halogens is 2. The maximum atomic E-state index is 13.2. The normalized spacial score (nSPS) is 22.4. The number of piperidine rings is 1. The molecule has 1 aromatic rings. The van der Waals surface area contributed by atoms with Gasteiger partial charge in [-0.1, -0.05) is 23.7 Å². The van der Waals surface area contributed by atoms with Crippen LogP contribution in [0.15, 0.2) is 46.7 Å². The summed E-state index contributed by atoms with van der Waals surface area (Å²) in [6, 6.07) is 5.91. The average molecular weight is 517 g/mol. The van der Waals surface area contributed by atoms with Crippen LogP contribution in [0.3, 0.4) is 0 Å². The summed E-state index contributed by atoms with van der Waals surface area (Å²) in [4.78, 5) is 20.1. The van der Waals surface area contributed by atoms with Gasteiger partial charge in [0.05, 0.1) is 11.6 Å². The van der Waals surface area contributed by atoms with E-state index >= 15 is 0 Å². The molecule has 2 saturated heterocycles. The number of aromatic nitrogens is 1. The predicted octanol–water partition coefficient (Wildman–Crippen LogP) is 5.29. The van der Waals surface area contributed by atoms with Gasteiger partial charge in [-0.25, -0.2) is 9.37 Å². The highest BCUT2D eigenvalue weighted by atomic mass is 35.5. The lowest BCUT2D eigenvalue weighted by molar-refractivity contribution is -0.125. The molecule has 1 amide bonds. The van der Waals surface area contributed by atoms with Gasteiger partial charge in [-0.15, -0.1) is 0 Å². The minimum Gasteiger partial charge on any atom is -0.381 e. The van der Waals surface area contributed by atoms with Crippen LogP contribution in [0.2, 0.25) is 0 Å². The number of hydrogen-bond acceptors (Lipinski definition) is 5. The molecule has 1 atom stereocenters. The van der Waals surface area contributed by atoms with E-state index in [-0.39, 0.29) is 18.5 Å². The van der Waals surface area contributed by atoms with Crippen molar-refractivity contribution in [1.29, 1.82) is 0 Å². The molecule has 2 fully saturated rings. The molecule has 3 aliphatic rings. The Morgan fingerprint density at radius 1 is 1.28 bits per heavy atom. The molecule has 4 rings (SSSR count). The Kier molecular flexibility index (Phi) is 9.96. The average Bonchev–Trinajstić information content (AvgIpc) is 2.90. The molecule has 6 nitrogen and oxygen atoms in total. The van der Waals surface area contributed by atoms with E-state index in [2.05, 4.69) is 10.6 Å². The zero-order chi connectivity index (χ0) is 25.3. The van der Waals surface area contributed by atoms with Gasteiger partial charge in [0.2, 0.25) is 5.91 Å². The smallest absolute Gasteiger partial charge is 0.228 e. The number of alkyl halides is 1. The highest BCUT2D eigenvalue weighted by Crippen LogP contribution is 2.31. The van der Waals surface area contributed by atoms with E-state index in [1.54, 1.807) is 0 Å². The van der Waals surface area contributed by atoms with E-state index < -0.39 is 0 Å². The Morgan fingerprint density at radius 2 is 2.11 bits per heavy atom. The summed E-state index contributed by atoms with van der Waals surface area (Å²) in [5, 5.41) is 7.29. The predicted molar refractivity (Wildman–Crippen MR) is 143 cm³/mol. The van der Waals surface area contributed by atoms with Crippen molar-refractivity contribution in [2.45, 2.75) is 45.4 Å². The van der Waals surface area contributed by atoms with Crippen LogP contribution in [0.25, 0.3) is 5.57 Å². The largest absolute Gasteiger partial charge is 0.381 e. The Bertz CT molecular complexity index is 1000. The molecule has 0 saturated carbocycles. The van der Waals surface area contributed by atoms with Crippen LogP contribution in [-0.4, -0.2) is 61.9 Å². The highest BCUT2D eigenvalue weighted by Gasteiger charge is 2.26. The maximum absolute atomic E-state index is 13.2. The number of amides is 1. The summed E-state index contributed by atoms with van der Waals surface area (Å²) in [5.41, 5.74) is 3.45. The number of carbonyl (C=O) groups is 1. The first-order valence-corrected chi connectivity index (χ1v) is 13.6. The van der Waals surface area contributed by atoms with Crippen molar-refractivity contribution in [3.05, 3.63) is 52.3 Å². The summed E-state index contributed by atoms with van der Waals surface area (Å²) in [6.07, 6.45) is 9.43. The van der Waals surface area contributed by atoms with E-state index in [4.69, 9.17) is 21.3 Å². The van der Waals surface area contributed by atoms with Crippen molar-refractivity contribution >= 4 is 28.9 Å². The third-order valence-electron chi connectivity index (χ3n) is 7.32. The number of anilines is 1. The lowest BCUT2D eigenvalue weighted by Gasteiger charge is -2.31. The van der Waals surface area contributed by atoms with Crippen LogP contribution in [0, 0.1) is 11.8 Å². The molecule has 36 heavy (non-hydrogen) atoms. The van der Waals surface area contributed by atoms with Gasteiger partial charge in [0.1, 0.15) is 12.5 Å². The second kappa shape index (κ2) is 13.4. The standard InChI is InChI=1S/C28H38ClFN4O2/c1-20-5-2-7-24(29)23(17-26(20)33-28(35)22-6-4-13-34(19-22)14-12-30)25-8-3-9-27(32-25)31-18-21-10-15-36-16-11-21/h3,7-9,17,21-22H,2,4-6,10-16,18-19H2,1H3,(H,31,32)(H,33,35). The number of rotatable bonds is 8. The molecule has 196 valence electrons. The molecular weight excluding hydrogens is 479 g/mol. The molecule has 2 N–H and O–H groups in total. The fourth-order valence-electron chi connectivity index (χ4n) is 5.05. The van der Waals surface area contributed by atoms with Crippen molar-refractivity contribution in [3.63, 3.8) is 0 Å². The first-order chi connectivity index (χ1) is 17.5. The number of pyridine rings is 1. The monoisotopic (exact) mass is 516 g/mol. The molecule has 0 aromatic carbocycles. The topological polar surface area (TPSA) is 66.5 Å². The third kappa shape index (κ3) is 7.40. The van der Waals surface area contributed by atoms with Crippen LogP contribution >= 0.6 is 11.6 Å². The van der Waals surface area contributed by atoms with Crippen molar-refractivity contribution in [2.75, 3.05) is 51.4 Å². The summed E-state index contributed by atoms with van der Waals surface area (Å²) in [6.45, 7) is 6.01. The van der Waals surface area contributed by atoms with Gasteiger partial charge in [-0.2, -0.15) is 0 Å². The van der Waals surface area contributed by atoms with E-state index in [9.17, 15) is 9.18 Å². The van der Waals surface area contributed by atoms with Crippen molar-refractivity contribution < 1.29 is 13.9 Å². The van der Waals surface area contributed by atoms with E-state index in [0.717, 1.165) is 93.2 Å². The number of carbonyl (C=O) groups excluding carboxylic acids is 1. The molecule has 0 spiro atoms. The first kappa shape index (κ1) is 26.8. The second-order valence-electron chi connectivity index (χ2n) is 10.0. The van der Waals surface area contributed by atoms with Gasteiger partial charge in [0.15, 0.2) is 0 Å². The fourth-order valence-corrected chi connectivity index (χ4v) is 5.31. The Balaban J connectivity index is 1.51. The minimum atomic E-state index is -0.383. The third-order valence-corrected chi connectivity index (χ3v) is 7.68. The lowest BCUT2D eigenvalue weighted by atomic mass is 9.96. The molecular formula is C28H38ClFN4O2. The van der Waals surface area contributed by atoms with Crippen molar-refractivity contribution in [3.8, 4) is 0 Å². The minimum absolute atomic E-state index is 0.0102. The van der Waals surface area contributed by atoms with Crippen LogP contribution in [0.5, 0.6) is 0 Å². The van der Waals surface area contributed by atoms with Gasteiger partial charge < -0.3 is 15.4 Å². The van der Waals surface area contributed by atoms with Gasteiger partial charge >= 0.3 is 0 Å². The van der Waals surface area contributed by atoms with E-state index in [1.807, 2.05) is 42.2 Å². The molecule has 3 heterocycles. The van der Waals surface area contributed by atoms with E-state index in [0.29, 0.717) is 24.0 Å². The van der Waals surface area contributed by atoms with Crippen molar-refractivity contribution in [1.82, 2.24) is 15.2 Å². The van der Waals surface area contributed by atoms with Gasteiger partial charge in [0, 0.05) is 49.2 Å². The number of ether oxygens (including phenoxy) is 1. The number of nitrogens with one attached hydrogen (secondary N) is 2. The van der Waals surface area contributed by atoms with Gasteiger partial charge in [-0.3, -0.25) is 9.69 Å². The molecule has 0 bridgehead atoms. The SMILES string of the molecule is CC1=C(NC(=O)C2CCCN(CCF)C2)C=C(c2cccc(NCC3CCOCC3)n2)C(Cl)=CCC1. The van der Waals surface area contributed by atoms with Gasteiger partial charge in [0.25, 0.3) is 0 Å². The quantitative estimate of drug-likeness (QED) is 0.491.